The highest BCUT2D eigenvalue weighted by atomic mass is 16.5. The number of fused-ring (bicyclic) bond motifs is 1. The van der Waals surface area contributed by atoms with E-state index in [2.05, 4.69) is 6.92 Å². The van der Waals surface area contributed by atoms with E-state index < -0.39 is 0 Å². The van der Waals surface area contributed by atoms with Crippen molar-refractivity contribution in [1.82, 2.24) is 0 Å². The van der Waals surface area contributed by atoms with E-state index in [4.69, 9.17) is 4.74 Å². The Morgan fingerprint density at radius 1 is 1.10 bits per heavy atom. The summed E-state index contributed by atoms with van der Waals surface area (Å²) in [6.45, 7) is 3.06. The summed E-state index contributed by atoms with van der Waals surface area (Å²) in [5, 5.41) is 9.86. The third kappa shape index (κ3) is 4.24. The summed E-state index contributed by atoms with van der Waals surface area (Å²) in [7, 11) is 0. The van der Waals surface area contributed by atoms with Gasteiger partial charge >= 0.3 is 0 Å². The lowest BCUT2D eigenvalue weighted by molar-refractivity contribution is 0.180. The first-order valence-electron chi connectivity index (χ1n) is 8.25. The summed E-state index contributed by atoms with van der Waals surface area (Å²) in [5.41, 5.74) is 2.30. The van der Waals surface area contributed by atoms with Crippen molar-refractivity contribution in [3.63, 3.8) is 0 Å². The van der Waals surface area contributed by atoms with Gasteiger partial charge in [-0.05, 0) is 30.9 Å². The van der Waals surface area contributed by atoms with Crippen molar-refractivity contribution >= 4 is 0 Å². The topological polar surface area (TPSA) is 29.5 Å². The molecule has 0 spiro atoms. The van der Waals surface area contributed by atoms with Crippen LogP contribution in [0.3, 0.4) is 0 Å². The minimum Gasteiger partial charge on any atom is -0.493 e. The Morgan fingerprint density at radius 3 is 2.65 bits per heavy atom. The van der Waals surface area contributed by atoms with Crippen molar-refractivity contribution in [3.8, 4) is 5.75 Å². The highest BCUT2D eigenvalue weighted by Crippen LogP contribution is 2.36. The molecule has 112 valence electrons. The quantitative estimate of drug-likeness (QED) is 0.657. The molecule has 2 nitrogen and oxygen atoms in total. The van der Waals surface area contributed by atoms with E-state index in [1.54, 1.807) is 0 Å². The van der Waals surface area contributed by atoms with Crippen LogP contribution in [-0.2, 0) is 6.42 Å². The SMILES string of the molecule is CCCCCCCCCOc1cccc2c1CCC2O. The van der Waals surface area contributed by atoms with E-state index in [1.165, 1.54) is 44.1 Å². The molecule has 0 saturated carbocycles. The molecule has 1 aliphatic rings. The van der Waals surface area contributed by atoms with Crippen LogP contribution in [-0.4, -0.2) is 11.7 Å². The fraction of sp³-hybridized carbons (Fsp3) is 0.667. The van der Waals surface area contributed by atoms with Gasteiger partial charge in [0.05, 0.1) is 12.7 Å². The summed E-state index contributed by atoms with van der Waals surface area (Å²) in [6.07, 6.45) is 10.7. The molecule has 0 aliphatic heterocycles. The molecule has 0 aromatic heterocycles. The number of aliphatic hydroxyl groups excluding tert-OH is 1. The van der Waals surface area contributed by atoms with Gasteiger partial charge in [-0.25, -0.2) is 0 Å². The van der Waals surface area contributed by atoms with Crippen molar-refractivity contribution in [1.29, 1.82) is 0 Å². The summed E-state index contributed by atoms with van der Waals surface area (Å²) in [6, 6.07) is 6.05. The number of unbranched alkanes of at least 4 members (excludes halogenated alkanes) is 6. The van der Waals surface area contributed by atoms with Gasteiger partial charge in [-0.3, -0.25) is 0 Å². The summed E-state index contributed by atoms with van der Waals surface area (Å²) >= 11 is 0. The van der Waals surface area contributed by atoms with E-state index in [0.29, 0.717) is 0 Å². The zero-order chi connectivity index (χ0) is 14.2. The maximum absolute atomic E-state index is 9.86. The highest BCUT2D eigenvalue weighted by molar-refractivity contribution is 5.44. The number of benzene rings is 1. The standard InChI is InChI=1S/C18H28O2/c1-2-3-4-5-6-7-8-14-20-18-11-9-10-15-16(18)12-13-17(15)19/h9-11,17,19H,2-8,12-14H2,1H3. The van der Waals surface area contributed by atoms with Gasteiger partial charge in [0.25, 0.3) is 0 Å². The summed E-state index contributed by atoms with van der Waals surface area (Å²) in [4.78, 5) is 0. The number of hydrogen-bond donors (Lipinski definition) is 1. The first kappa shape index (κ1) is 15.4. The molecule has 1 aliphatic carbocycles. The number of hydrogen-bond acceptors (Lipinski definition) is 2. The van der Waals surface area contributed by atoms with Crippen LogP contribution in [0.5, 0.6) is 5.75 Å². The zero-order valence-electron chi connectivity index (χ0n) is 12.7. The maximum Gasteiger partial charge on any atom is 0.122 e. The molecule has 0 fully saturated rings. The van der Waals surface area contributed by atoms with Crippen LogP contribution in [0, 0.1) is 0 Å². The van der Waals surface area contributed by atoms with Gasteiger partial charge in [-0.1, -0.05) is 57.6 Å². The fourth-order valence-electron chi connectivity index (χ4n) is 2.98. The van der Waals surface area contributed by atoms with Crippen LogP contribution >= 0.6 is 0 Å². The number of rotatable bonds is 9. The van der Waals surface area contributed by atoms with Crippen LogP contribution in [0.15, 0.2) is 18.2 Å². The molecular weight excluding hydrogens is 248 g/mol. The lowest BCUT2D eigenvalue weighted by Crippen LogP contribution is -2.00. The Morgan fingerprint density at radius 2 is 1.85 bits per heavy atom. The molecule has 1 unspecified atom stereocenters. The van der Waals surface area contributed by atoms with Gasteiger partial charge in [-0.15, -0.1) is 0 Å². The van der Waals surface area contributed by atoms with Crippen LogP contribution in [0.1, 0.15) is 75.5 Å². The lowest BCUT2D eigenvalue weighted by atomic mass is 10.1. The first-order valence-corrected chi connectivity index (χ1v) is 8.25. The van der Waals surface area contributed by atoms with Crippen LogP contribution in [0.4, 0.5) is 0 Å². The number of ether oxygens (including phenoxy) is 1. The average Bonchev–Trinajstić information content (AvgIpc) is 2.84. The van der Waals surface area contributed by atoms with E-state index in [0.717, 1.165) is 37.2 Å². The van der Waals surface area contributed by atoms with Crippen molar-refractivity contribution in [2.75, 3.05) is 6.61 Å². The molecule has 0 amide bonds. The molecule has 2 rings (SSSR count). The van der Waals surface area contributed by atoms with E-state index in [1.807, 2.05) is 18.2 Å². The Balaban J connectivity index is 1.65. The molecule has 20 heavy (non-hydrogen) atoms. The third-order valence-electron chi connectivity index (χ3n) is 4.20. The Hall–Kier alpha value is -1.02. The van der Waals surface area contributed by atoms with Crippen molar-refractivity contribution in [2.45, 2.75) is 70.8 Å². The van der Waals surface area contributed by atoms with Crippen LogP contribution in [0.2, 0.25) is 0 Å². The smallest absolute Gasteiger partial charge is 0.122 e. The van der Waals surface area contributed by atoms with Gasteiger partial charge in [-0.2, -0.15) is 0 Å². The van der Waals surface area contributed by atoms with Gasteiger partial charge < -0.3 is 9.84 Å². The second-order valence-electron chi connectivity index (χ2n) is 5.85. The molecular formula is C18H28O2. The van der Waals surface area contributed by atoms with Crippen molar-refractivity contribution in [3.05, 3.63) is 29.3 Å². The van der Waals surface area contributed by atoms with E-state index >= 15 is 0 Å². The maximum atomic E-state index is 9.86. The average molecular weight is 276 g/mol. The molecule has 0 heterocycles. The first-order chi connectivity index (χ1) is 9.83. The Labute approximate surface area is 123 Å². The van der Waals surface area contributed by atoms with Crippen molar-refractivity contribution in [2.24, 2.45) is 0 Å². The summed E-state index contributed by atoms with van der Waals surface area (Å²) < 4.78 is 5.91. The predicted octanol–water partition coefficient (Wildman–Crippen LogP) is 4.80. The molecule has 1 aromatic rings. The monoisotopic (exact) mass is 276 g/mol. The van der Waals surface area contributed by atoms with Crippen LogP contribution in [0.25, 0.3) is 0 Å². The Bertz CT molecular complexity index is 400. The molecule has 1 atom stereocenters. The normalized spacial score (nSPS) is 17.2. The molecule has 2 heteroatoms. The largest absolute Gasteiger partial charge is 0.493 e. The van der Waals surface area contributed by atoms with Crippen molar-refractivity contribution < 1.29 is 9.84 Å². The third-order valence-corrected chi connectivity index (χ3v) is 4.20. The lowest BCUT2D eigenvalue weighted by Gasteiger charge is -2.11. The second-order valence-corrected chi connectivity index (χ2v) is 5.85. The van der Waals surface area contributed by atoms with E-state index in [9.17, 15) is 5.11 Å². The van der Waals surface area contributed by atoms with Gasteiger partial charge in [0.1, 0.15) is 5.75 Å². The minimum absolute atomic E-state index is 0.285. The molecule has 1 aromatic carbocycles. The number of aliphatic hydroxyl groups is 1. The van der Waals surface area contributed by atoms with Gasteiger partial charge in [0.2, 0.25) is 0 Å². The fourth-order valence-corrected chi connectivity index (χ4v) is 2.98. The molecule has 1 N–H and O–H groups in total. The molecule has 0 saturated heterocycles. The van der Waals surface area contributed by atoms with Gasteiger partial charge in [0.15, 0.2) is 0 Å². The van der Waals surface area contributed by atoms with Crippen LogP contribution < -0.4 is 4.74 Å². The van der Waals surface area contributed by atoms with Gasteiger partial charge in [0, 0.05) is 5.56 Å². The minimum atomic E-state index is -0.285. The highest BCUT2D eigenvalue weighted by Gasteiger charge is 2.22. The zero-order valence-corrected chi connectivity index (χ0v) is 12.7. The van der Waals surface area contributed by atoms with E-state index in [-0.39, 0.29) is 6.10 Å². The Kier molecular flexibility index (Phi) is 6.38. The second kappa shape index (κ2) is 8.31. The summed E-state index contributed by atoms with van der Waals surface area (Å²) in [5.74, 6) is 0.991. The predicted molar refractivity (Wildman–Crippen MR) is 83.2 cm³/mol. The molecule has 0 bridgehead atoms. The molecule has 0 radical (unpaired) electrons.